The third-order valence-corrected chi connectivity index (χ3v) is 4.80. The van der Waals surface area contributed by atoms with Crippen LogP contribution in [0.15, 0.2) is 24.3 Å². The van der Waals surface area contributed by atoms with Crippen molar-refractivity contribution in [1.29, 1.82) is 0 Å². The highest BCUT2D eigenvalue weighted by molar-refractivity contribution is 7.80. The van der Waals surface area contributed by atoms with Crippen LogP contribution in [0.25, 0.3) is 0 Å². The zero-order chi connectivity index (χ0) is 15.9. The van der Waals surface area contributed by atoms with Gasteiger partial charge in [-0.15, -0.1) is 0 Å². The van der Waals surface area contributed by atoms with Crippen LogP contribution in [0, 0.1) is 5.41 Å². The predicted molar refractivity (Wildman–Crippen MR) is 96.7 cm³/mol. The van der Waals surface area contributed by atoms with Gasteiger partial charge >= 0.3 is 0 Å². The Morgan fingerprint density at radius 1 is 1.00 bits per heavy atom. The van der Waals surface area contributed by atoms with Crippen molar-refractivity contribution in [2.45, 2.75) is 65.7 Å². The Morgan fingerprint density at radius 2 is 1.57 bits per heavy atom. The molecular weight excluding hydrogens is 276 g/mol. The number of ether oxygens (including phenoxy) is 1. The Labute approximate surface area is 136 Å². The molecule has 1 aromatic rings. The molecule has 1 aromatic carbocycles. The van der Waals surface area contributed by atoms with E-state index in [9.17, 15) is 0 Å². The van der Waals surface area contributed by atoms with Gasteiger partial charge in [0.2, 0.25) is 0 Å². The summed E-state index contributed by atoms with van der Waals surface area (Å²) in [4.78, 5) is 0. The fourth-order valence-corrected chi connectivity index (χ4v) is 3.38. The van der Waals surface area contributed by atoms with Crippen LogP contribution < -0.4 is 4.74 Å². The molecule has 0 bridgehead atoms. The van der Waals surface area contributed by atoms with E-state index < -0.39 is 0 Å². The molecule has 0 heterocycles. The summed E-state index contributed by atoms with van der Waals surface area (Å²) in [6.07, 6.45) is 4.74. The molecule has 1 nitrogen and oxygen atoms in total. The third kappa shape index (κ3) is 5.25. The minimum absolute atomic E-state index is 0.107. The SMILES string of the molecule is CCCC(CS)(CCC)COc1ccccc1C(C)(C)C. The highest BCUT2D eigenvalue weighted by Crippen LogP contribution is 2.35. The van der Waals surface area contributed by atoms with E-state index in [0.29, 0.717) is 0 Å². The maximum Gasteiger partial charge on any atom is 0.123 e. The van der Waals surface area contributed by atoms with Gasteiger partial charge in [-0.25, -0.2) is 0 Å². The Balaban J connectivity index is 2.90. The maximum atomic E-state index is 6.28. The molecule has 2 heteroatoms. The zero-order valence-electron chi connectivity index (χ0n) is 14.4. The van der Waals surface area contributed by atoms with Crippen LogP contribution in [0.4, 0.5) is 0 Å². The molecular formula is C19H32OS. The Hall–Kier alpha value is -0.630. The van der Waals surface area contributed by atoms with Gasteiger partial charge in [-0.3, -0.25) is 0 Å². The van der Waals surface area contributed by atoms with Crippen molar-refractivity contribution in [1.82, 2.24) is 0 Å². The van der Waals surface area contributed by atoms with E-state index in [1.807, 2.05) is 0 Å². The van der Waals surface area contributed by atoms with Gasteiger partial charge in [0.05, 0.1) is 6.61 Å². The molecule has 0 amide bonds. The lowest BCUT2D eigenvalue weighted by atomic mass is 9.81. The summed E-state index contributed by atoms with van der Waals surface area (Å²) in [5.41, 5.74) is 1.60. The molecule has 0 radical (unpaired) electrons. The van der Waals surface area contributed by atoms with Crippen molar-refractivity contribution in [3.8, 4) is 5.75 Å². The Kier molecular flexibility index (Phi) is 7.12. The van der Waals surface area contributed by atoms with Gasteiger partial charge in [0, 0.05) is 5.41 Å². The van der Waals surface area contributed by atoms with E-state index in [-0.39, 0.29) is 10.8 Å². The smallest absolute Gasteiger partial charge is 0.123 e. The predicted octanol–water partition coefficient (Wildman–Crippen LogP) is 5.88. The summed E-state index contributed by atoms with van der Waals surface area (Å²) in [6, 6.07) is 8.43. The number of hydrogen-bond donors (Lipinski definition) is 1. The number of benzene rings is 1. The van der Waals surface area contributed by atoms with Crippen LogP contribution in [0.5, 0.6) is 5.75 Å². The summed E-state index contributed by atoms with van der Waals surface area (Å²) in [7, 11) is 0. The molecule has 0 aliphatic carbocycles. The van der Waals surface area contributed by atoms with Crippen molar-refractivity contribution in [3.05, 3.63) is 29.8 Å². The number of para-hydroxylation sites is 1. The monoisotopic (exact) mass is 308 g/mol. The molecule has 0 saturated heterocycles. The van der Waals surface area contributed by atoms with Crippen LogP contribution in [-0.4, -0.2) is 12.4 Å². The van der Waals surface area contributed by atoms with Crippen molar-refractivity contribution in [2.24, 2.45) is 5.41 Å². The molecule has 0 saturated carbocycles. The molecule has 0 N–H and O–H groups in total. The molecule has 1 rings (SSSR count). The molecule has 0 aliphatic heterocycles. The average molecular weight is 309 g/mol. The first-order valence-electron chi connectivity index (χ1n) is 8.21. The summed E-state index contributed by atoms with van der Waals surface area (Å²) < 4.78 is 6.28. The van der Waals surface area contributed by atoms with Crippen molar-refractivity contribution in [2.75, 3.05) is 12.4 Å². The standard InChI is InChI=1S/C19H32OS/c1-6-12-19(15-21,13-7-2)14-20-17-11-9-8-10-16(17)18(3,4)5/h8-11,21H,6-7,12-15H2,1-5H3. The zero-order valence-corrected chi connectivity index (χ0v) is 15.3. The minimum Gasteiger partial charge on any atom is -0.493 e. The van der Waals surface area contributed by atoms with Gasteiger partial charge in [-0.2, -0.15) is 12.6 Å². The minimum atomic E-state index is 0.107. The topological polar surface area (TPSA) is 9.23 Å². The van der Waals surface area contributed by atoms with E-state index >= 15 is 0 Å². The lowest BCUT2D eigenvalue weighted by molar-refractivity contribution is 0.141. The molecule has 0 aliphatic rings. The van der Waals surface area contributed by atoms with Crippen molar-refractivity contribution < 1.29 is 4.74 Å². The second kappa shape index (κ2) is 8.12. The number of rotatable bonds is 8. The van der Waals surface area contributed by atoms with E-state index in [1.54, 1.807) is 0 Å². The average Bonchev–Trinajstić information content (AvgIpc) is 2.44. The number of thiol groups is 1. The first-order chi connectivity index (χ1) is 9.88. The molecule has 0 aromatic heterocycles. The second-order valence-corrected chi connectivity index (χ2v) is 7.51. The molecule has 0 fully saturated rings. The van der Waals surface area contributed by atoms with Crippen LogP contribution in [0.1, 0.15) is 65.9 Å². The van der Waals surface area contributed by atoms with E-state index in [0.717, 1.165) is 18.1 Å². The lowest BCUT2D eigenvalue weighted by Crippen LogP contribution is -2.31. The fraction of sp³-hybridized carbons (Fsp3) is 0.684. The first-order valence-corrected chi connectivity index (χ1v) is 8.85. The molecule has 0 spiro atoms. The van der Waals surface area contributed by atoms with Gasteiger partial charge in [0.25, 0.3) is 0 Å². The van der Waals surface area contributed by atoms with Crippen LogP contribution in [0.2, 0.25) is 0 Å². The summed E-state index contributed by atoms with van der Waals surface area (Å²) in [6.45, 7) is 12.0. The van der Waals surface area contributed by atoms with Gasteiger partial charge in [-0.05, 0) is 35.6 Å². The third-order valence-electron chi connectivity index (χ3n) is 4.13. The Bertz CT molecular complexity index is 414. The van der Waals surface area contributed by atoms with Gasteiger partial charge in [0.1, 0.15) is 5.75 Å². The highest BCUT2D eigenvalue weighted by Gasteiger charge is 2.29. The van der Waals surface area contributed by atoms with Crippen LogP contribution in [0.3, 0.4) is 0 Å². The van der Waals surface area contributed by atoms with Crippen LogP contribution >= 0.6 is 12.6 Å². The largest absolute Gasteiger partial charge is 0.493 e. The molecule has 21 heavy (non-hydrogen) atoms. The van der Waals surface area contributed by atoms with Crippen molar-refractivity contribution in [3.63, 3.8) is 0 Å². The summed E-state index contributed by atoms with van der Waals surface area (Å²) in [5, 5.41) is 0. The van der Waals surface area contributed by atoms with E-state index in [4.69, 9.17) is 4.74 Å². The fourth-order valence-electron chi connectivity index (χ4n) is 2.98. The van der Waals surface area contributed by atoms with Crippen LogP contribution in [-0.2, 0) is 5.41 Å². The van der Waals surface area contributed by atoms with Crippen molar-refractivity contribution >= 4 is 12.6 Å². The summed E-state index contributed by atoms with van der Waals surface area (Å²) >= 11 is 4.62. The van der Waals surface area contributed by atoms with Gasteiger partial charge in [-0.1, -0.05) is 65.7 Å². The Morgan fingerprint density at radius 3 is 2.05 bits per heavy atom. The lowest BCUT2D eigenvalue weighted by Gasteiger charge is -2.33. The van der Waals surface area contributed by atoms with E-state index in [1.165, 1.54) is 31.2 Å². The number of hydrogen-bond acceptors (Lipinski definition) is 2. The maximum absolute atomic E-state index is 6.28. The second-order valence-electron chi connectivity index (χ2n) is 7.19. The van der Waals surface area contributed by atoms with Gasteiger partial charge in [0.15, 0.2) is 0 Å². The molecule has 0 atom stereocenters. The normalized spacial score (nSPS) is 12.5. The first kappa shape index (κ1) is 18.4. The quantitative estimate of drug-likeness (QED) is 0.590. The highest BCUT2D eigenvalue weighted by atomic mass is 32.1. The molecule has 120 valence electrons. The van der Waals surface area contributed by atoms with E-state index in [2.05, 4.69) is 71.5 Å². The van der Waals surface area contributed by atoms with Gasteiger partial charge < -0.3 is 4.74 Å². The summed E-state index contributed by atoms with van der Waals surface area (Å²) in [5.74, 6) is 1.93. The molecule has 0 unspecified atom stereocenters.